The summed E-state index contributed by atoms with van der Waals surface area (Å²) in [6.07, 6.45) is 0. The van der Waals surface area contributed by atoms with Crippen LogP contribution in [0.3, 0.4) is 0 Å². The van der Waals surface area contributed by atoms with E-state index in [1.54, 1.807) is 12.1 Å². The number of para-hydroxylation sites is 2. The summed E-state index contributed by atoms with van der Waals surface area (Å²) in [5.74, 6) is 0.373. The van der Waals surface area contributed by atoms with Crippen LogP contribution < -0.4 is 10.1 Å². The molecule has 0 aromatic heterocycles. The van der Waals surface area contributed by atoms with Crippen LogP contribution in [0.2, 0.25) is 5.02 Å². The van der Waals surface area contributed by atoms with Crippen LogP contribution in [0, 0.1) is 5.82 Å². The molecule has 0 unspecified atom stereocenters. The summed E-state index contributed by atoms with van der Waals surface area (Å²) in [6.45, 7) is 2.87. The maximum Gasteiger partial charge on any atom is 0.146 e. The van der Waals surface area contributed by atoms with E-state index < -0.39 is 0 Å². The quantitative estimate of drug-likeness (QED) is 0.871. The summed E-state index contributed by atoms with van der Waals surface area (Å²) in [4.78, 5) is 0. The lowest BCUT2D eigenvalue weighted by molar-refractivity contribution is 0.341. The maximum atomic E-state index is 13.7. The molecule has 100 valence electrons. The van der Waals surface area contributed by atoms with Gasteiger partial charge in [-0.15, -0.1) is 0 Å². The zero-order chi connectivity index (χ0) is 13.7. The summed E-state index contributed by atoms with van der Waals surface area (Å²) >= 11 is 5.75. The molecule has 2 aromatic carbocycles. The molecule has 1 N–H and O–H groups in total. The van der Waals surface area contributed by atoms with Crippen molar-refractivity contribution < 1.29 is 9.13 Å². The van der Waals surface area contributed by atoms with Crippen LogP contribution in [-0.2, 0) is 6.54 Å². The predicted molar refractivity (Wildman–Crippen MR) is 76.3 cm³/mol. The third-order valence-corrected chi connectivity index (χ3v) is 2.98. The fourth-order valence-corrected chi connectivity index (χ4v) is 1.96. The van der Waals surface area contributed by atoms with E-state index in [-0.39, 0.29) is 10.8 Å². The van der Waals surface area contributed by atoms with E-state index in [0.717, 1.165) is 11.4 Å². The van der Waals surface area contributed by atoms with Crippen LogP contribution in [0.1, 0.15) is 12.5 Å². The smallest absolute Gasteiger partial charge is 0.146 e. The Labute approximate surface area is 117 Å². The van der Waals surface area contributed by atoms with Gasteiger partial charge in [0.15, 0.2) is 0 Å². The molecule has 0 radical (unpaired) electrons. The zero-order valence-electron chi connectivity index (χ0n) is 10.6. The van der Waals surface area contributed by atoms with Crippen molar-refractivity contribution in [3.05, 3.63) is 58.9 Å². The van der Waals surface area contributed by atoms with Crippen LogP contribution in [0.5, 0.6) is 5.75 Å². The first-order chi connectivity index (χ1) is 9.22. The molecule has 0 amide bonds. The van der Waals surface area contributed by atoms with Crippen LogP contribution >= 0.6 is 11.6 Å². The Morgan fingerprint density at radius 3 is 2.74 bits per heavy atom. The van der Waals surface area contributed by atoms with Crippen LogP contribution in [0.4, 0.5) is 10.1 Å². The summed E-state index contributed by atoms with van der Waals surface area (Å²) < 4.78 is 19.2. The fraction of sp³-hybridized carbons (Fsp3) is 0.200. The molecule has 0 saturated heterocycles. The number of nitrogens with one attached hydrogen (secondary N) is 1. The van der Waals surface area contributed by atoms with Crippen molar-refractivity contribution in [3.63, 3.8) is 0 Å². The van der Waals surface area contributed by atoms with Crippen LogP contribution in [0.15, 0.2) is 42.5 Å². The summed E-state index contributed by atoms with van der Waals surface area (Å²) in [6, 6.07) is 12.5. The van der Waals surface area contributed by atoms with Gasteiger partial charge in [0, 0.05) is 12.1 Å². The van der Waals surface area contributed by atoms with Gasteiger partial charge in [0.25, 0.3) is 0 Å². The van der Waals surface area contributed by atoms with Gasteiger partial charge in [-0.05, 0) is 25.1 Å². The highest BCUT2D eigenvalue weighted by Gasteiger charge is 2.07. The molecule has 0 spiro atoms. The zero-order valence-corrected chi connectivity index (χ0v) is 11.4. The minimum atomic E-state index is -0.384. The summed E-state index contributed by atoms with van der Waals surface area (Å²) in [7, 11) is 0. The van der Waals surface area contributed by atoms with Gasteiger partial charge in [-0.2, -0.15) is 0 Å². The molecule has 0 aliphatic carbocycles. The first kappa shape index (κ1) is 13.7. The Hall–Kier alpha value is -1.74. The molecule has 2 nitrogen and oxygen atoms in total. The number of rotatable bonds is 5. The predicted octanol–water partition coefficient (Wildman–Crippen LogP) is 4.49. The summed E-state index contributed by atoms with van der Waals surface area (Å²) in [5, 5.41) is 3.30. The van der Waals surface area contributed by atoms with Gasteiger partial charge in [0.1, 0.15) is 11.6 Å². The molecule has 2 rings (SSSR count). The van der Waals surface area contributed by atoms with Crippen molar-refractivity contribution in [1.29, 1.82) is 0 Å². The van der Waals surface area contributed by atoms with Crippen molar-refractivity contribution in [2.75, 3.05) is 11.9 Å². The molecule has 0 fully saturated rings. The minimum Gasteiger partial charge on any atom is -0.492 e. The molecule has 0 heterocycles. The van der Waals surface area contributed by atoms with E-state index in [0.29, 0.717) is 18.7 Å². The van der Waals surface area contributed by atoms with E-state index in [9.17, 15) is 4.39 Å². The molecule has 4 heteroatoms. The van der Waals surface area contributed by atoms with E-state index >= 15 is 0 Å². The molecule has 0 aliphatic heterocycles. The number of anilines is 1. The molecular weight excluding hydrogens is 265 g/mol. The lowest BCUT2D eigenvalue weighted by atomic mass is 10.2. The van der Waals surface area contributed by atoms with Crippen molar-refractivity contribution >= 4 is 17.3 Å². The van der Waals surface area contributed by atoms with Crippen LogP contribution in [0.25, 0.3) is 0 Å². The standard InChI is InChI=1S/C15H15ClFNO/c1-2-19-14-9-4-3-8-13(14)18-10-11-6-5-7-12(16)15(11)17/h3-9,18H,2,10H2,1H3. The van der Waals surface area contributed by atoms with E-state index in [1.807, 2.05) is 31.2 Å². The highest BCUT2D eigenvalue weighted by Crippen LogP contribution is 2.25. The Bertz CT molecular complexity index is 560. The van der Waals surface area contributed by atoms with Gasteiger partial charge in [-0.25, -0.2) is 4.39 Å². The normalized spacial score (nSPS) is 10.3. The average molecular weight is 280 g/mol. The highest BCUT2D eigenvalue weighted by molar-refractivity contribution is 6.30. The highest BCUT2D eigenvalue weighted by atomic mass is 35.5. The summed E-state index contributed by atoms with van der Waals surface area (Å²) in [5.41, 5.74) is 1.36. The second kappa shape index (κ2) is 6.43. The average Bonchev–Trinajstić information content (AvgIpc) is 2.42. The Morgan fingerprint density at radius 2 is 1.95 bits per heavy atom. The van der Waals surface area contributed by atoms with E-state index in [4.69, 9.17) is 16.3 Å². The van der Waals surface area contributed by atoms with Gasteiger partial charge < -0.3 is 10.1 Å². The van der Waals surface area contributed by atoms with Gasteiger partial charge in [-0.3, -0.25) is 0 Å². The third-order valence-electron chi connectivity index (χ3n) is 2.69. The molecular formula is C15H15ClFNO. The fourth-order valence-electron chi connectivity index (χ4n) is 1.77. The maximum absolute atomic E-state index is 13.7. The van der Waals surface area contributed by atoms with Crippen molar-refractivity contribution in [2.24, 2.45) is 0 Å². The molecule has 0 bridgehead atoms. The largest absolute Gasteiger partial charge is 0.492 e. The third kappa shape index (κ3) is 3.38. The molecule has 2 aromatic rings. The lowest BCUT2D eigenvalue weighted by Crippen LogP contribution is -2.04. The monoisotopic (exact) mass is 279 g/mol. The van der Waals surface area contributed by atoms with Crippen molar-refractivity contribution in [2.45, 2.75) is 13.5 Å². The Morgan fingerprint density at radius 1 is 1.16 bits per heavy atom. The van der Waals surface area contributed by atoms with Crippen LogP contribution in [-0.4, -0.2) is 6.61 Å². The second-order valence-electron chi connectivity index (χ2n) is 4.00. The Kier molecular flexibility index (Phi) is 4.63. The topological polar surface area (TPSA) is 21.3 Å². The lowest BCUT2D eigenvalue weighted by Gasteiger charge is -2.12. The molecule has 0 saturated carbocycles. The van der Waals surface area contributed by atoms with Crippen molar-refractivity contribution in [1.82, 2.24) is 0 Å². The van der Waals surface area contributed by atoms with Gasteiger partial charge in [-0.1, -0.05) is 35.9 Å². The first-order valence-electron chi connectivity index (χ1n) is 6.11. The van der Waals surface area contributed by atoms with Gasteiger partial charge >= 0.3 is 0 Å². The number of benzene rings is 2. The first-order valence-corrected chi connectivity index (χ1v) is 6.48. The SMILES string of the molecule is CCOc1ccccc1NCc1cccc(Cl)c1F. The van der Waals surface area contributed by atoms with Gasteiger partial charge in [0.05, 0.1) is 17.3 Å². The number of halogens is 2. The number of hydrogen-bond acceptors (Lipinski definition) is 2. The Balaban J connectivity index is 2.12. The second-order valence-corrected chi connectivity index (χ2v) is 4.40. The van der Waals surface area contributed by atoms with Crippen molar-refractivity contribution in [3.8, 4) is 5.75 Å². The molecule has 0 aliphatic rings. The molecule has 19 heavy (non-hydrogen) atoms. The van der Waals surface area contributed by atoms with Gasteiger partial charge in [0.2, 0.25) is 0 Å². The van der Waals surface area contributed by atoms with E-state index in [1.165, 1.54) is 6.07 Å². The van der Waals surface area contributed by atoms with E-state index in [2.05, 4.69) is 5.32 Å². The number of hydrogen-bond donors (Lipinski definition) is 1. The molecule has 0 atom stereocenters. The minimum absolute atomic E-state index is 0.136. The number of ether oxygens (including phenoxy) is 1.